The molecular formula is C68H124O6. The quantitative estimate of drug-likeness (QED) is 0.0261. The highest BCUT2D eigenvalue weighted by Gasteiger charge is 2.19. The maximum atomic E-state index is 12.9. The van der Waals surface area contributed by atoms with E-state index in [0.717, 1.165) is 77.0 Å². The maximum absolute atomic E-state index is 12.9. The smallest absolute Gasteiger partial charge is 0.306 e. The summed E-state index contributed by atoms with van der Waals surface area (Å²) >= 11 is 0. The molecule has 6 nitrogen and oxygen atoms in total. The van der Waals surface area contributed by atoms with Gasteiger partial charge in [0.25, 0.3) is 0 Å². The van der Waals surface area contributed by atoms with Crippen molar-refractivity contribution in [3.63, 3.8) is 0 Å². The van der Waals surface area contributed by atoms with Gasteiger partial charge in [-0.15, -0.1) is 0 Å². The Morgan fingerprint density at radius 2 is 0.500 bits per heavy atom. The van der Waals surface area contributed by atoms with E-state index in [-0.39, 0.29) is 31.1 Å². The average molecular weight is 1040 g/mol. The van der Waals surface area contributed by atoms with Gasteiger partial charge in [0.1, 0.15) is 13.2 Å². The number of esters is 3. The van der Waals surface area contributed by atoms with Crippen molar-refractivity contribution in [3.8, 4) is 0 Å². The van der Waals surface area contributed by atoms with Crippen LogP contribution in [0, 0.1) is 0 Å². The fourth-order valence-corrected chi connectivity index (χ4v) is 9.61. The standard InChI is InChI=1S/C68H124O6/c1-4-7-10-13-16-19-22-24-26-28-30-32-33-34-35-36-38-39-41-43-46-49-52-55-58-61-67(70)73-64-65(63-72-66(69)60-57-54-51-48-45-21-18-15-12-9-6-3)74-68(71)62-59-56-53-50-47-44-42-40-37-31-29-27-25-23-20-17-14-11-8-5-2/h15,18,22,24,28,30,33-34,65H,4-14,16-17,19-21,23,25-27,29,31-32,35-64H2,1-3H3/b18-15-,24-22-,30-28-,34-33-. The third-order valence-electron chi connectivity index (χ3n) is 14.6. The van der Waals surface area contributed by atoms with Gasteiger partial charge in [-0.2, -0.15) is 0 Å². The minimum atomic E-state index is -0.776. The van der Waals surface area contributed by atoms with Crippen LogP contribution in [0.1, 0.15) is 348 Å². The van der Waals surface area contributed by atoms with Gasteiger partial charge in [0.05, 0.1) is 0 Å². The molecule has 0 amide bonds. The summed E-state index contributed by atoms with van der Waals surface area (Å²) in [6.45, 7) is 6.63. The number of carbonyl (C=O) groups excluding carboxylic acids is 3. The first-order valence-corrected chi connectivity index (χ1v) is 32.6. The molecule has 74 heavy (non-hydrogen) atoms. The molecule has 1 unspecified atom stereocenters. The summed E-state index contributed by atoms with van der Waals surface area (Å²) in [5.41, 5.74) is 0. The Morgan fingerprint density at radius 1 is 0.270 bits per heavy atom. The van der Waals surface area contributed by atoms with E-state index in [1.807, 2.05) is 0 Å². The molecule has 0 aliphatic carbocycles. The summed E-state index contributed by atoms with van der Waals surface area (Å²) in [5, 5.41) is 0. The van der Waals surface area contributed by atoms with Crippen LogP contribution in [0.5, 0.6) is 0 Å². The van der Waals surface area contributed by atoms with Crippen molar-refractivity contribution in [3.05, 3.63) is 48.6 Å². The molecule has 0 saturated heterocycles. The first kappa shape index (κ1) is 71.4. The molecule has 0 aliphatic rings. The number of allylic oxidation sites excluding steroid dienone is 8. The highest BCUT2D eigenvalue weighted by atomic mass is 16.6. The fourth-order valence-electron chi connectivity index (χ4n) is 9.61. The van der Waals surface area contributed by atoms with Gasteiger partial charge in [0.15, 0.2) is 6.10 Å². The van der Waals surface area contributed by atoms with Crippen molar-refractivity contribution in [2.75, 3.05) is 13.2 Å². The Bertz CT molecular complexity index is 1280. The highest BCUT2D eigenvalue weighted by molar-refractivity contribution is 5.71. The van der Waals surface area contributed by atoms with E-state index in [1.54, 1.807) is 0 Å². The topological polar surface area (TPSA) is 78.9 Å². The fraction of sp³-hybridized carbons (Fsp3) is 0.838. The van der Waals surface area contributed by atoms with Crippen molar-refractivity contribution in [2.45, 2.75) is 354 Å². The minimum Gasteiger partial charge on any atom is -0.462 e. The molecule has 0 saturated carbocycles. The predicted octanol–water partition coefficient (Wildman–Crippen LogP) is 22.2. The third-order valence-corrected chi connectivity index (χ3v) is 14.6. The zero-order valence-corrected chi connectivity index (χ0v) is 49.6. The van der Waals surface area contributed by atoms with Crippen molar-refractivity contribution in [1.29, 1.82) is 0 Å². The summed E-state index contributed by atoms with van der Waals surface area (Å²) < 4.78 is 16.9. The molecule has 0 aromatic heterocycles. The van der Waals surface area contributed by atoms with Crippen LogP contribution >= 0.6 is 0 Å². The molecule has 1 atom stereocenters. The minimum absolute atomic E-state index is 0.0743. The van der Waals surface area contributed by atoms with Crippen LogP contribution in [0.2, 0.25) is 0 Å². The Kier molecular flexibility index (Phi) is 60.7. The van der Waals surface area contributed by atoms with Crippen LogP contribution in [0.3, 0.4) is 0 Å². The maximum Gasteiger partial charge on any atom is 0.306 e. The normalized spacial score (nSPS) is 12.3. The molecule has 0 bridgehead atoms. The van der Waals surface area contributed by atoms with Gasteiger partial charge < -0.3 is 14.2 Å². The molecule has 0 fully saturated rings. The Labute approximate surface area is 460 Å². The van der Waals surface area contributed by atoms with Crippen molar-refractivity contribution < 1.29 is 28.6 Å². The van der Waals surface area contributed by atoms with E-state index < -0.39 is 6.10 Å². The van der Waals surface area contributed by atoms with E-state index in [9.17, 15) is 14.4 Å². The van der Waals surface area contributed by atoms with Gasteiger partial charge >= 0.3 is 17.9 Å². The SMILES string of the molecule is CCCC/C=C\CCCCCCCC(=O)OCC(COC(=O)CCCCCCCCCCCC/C=C\C/C=C\C/C=C\CCCCCCC)OC(=O)CCCCCCCCCCCCCCCCCCCCCC. The molecule has 0 aromatic rings. The lowest BCUT2D eigenvalue weighted by molar-refractivity contribution is -0.167. The number of hydrogen-bond acceptors (Lipinski definition) is 6. The molecule has 6 heteroatoms. The summed E-state index contributed by atoms with van der Waals surface area (Å²) in [6, 6.07) is 0. The number of rotatable bonds is 60. The molecule has 0 aliphatic heterocycles. The van der Waals surface area contributed by atoms with Crippen LogP contribution in [-0.4, -0.2) is 37.2 Å². The molecule has 0 aromatic carbocycles. The van der Waals surface area contributed by atoms with Crippen LogP contribution in [0.15, 0.2) is 48.6 Å². The second kappa shape index (κ2) is 62.9. The van der Waals surface area contributed by atoms with Crippen LogP contribution in [0.4, 0.5) is 0 Å². The van der Waals surface area contributed by atoms with Gasteiger partial charge in [-0.3, -0.25) is 14.4 Å². The highest BCUT2D eigenvalue weighted by Crippen LogP contribution is 2.17. The molecule has 0 heterocycles. The van der Waals surface area contributed by atoms with Gasteiger partial charge in [0.2, 0.25) is 0 Å². The average Bonchev–Trinajstić information content (AvgIpc) is 3.40. The second-order valence-corrected chi connectivity index (χ2v) is 22.0. The number of unbranched alkanes of at least 4 members (excludes halogenated alkanes) is 41. The first-order valence-electron chi connectivity index (χ1n) is 32.6. The van der Waals surface area contributed by atoms with Crippen molar-refractivity contribution in [1.82, 2.24) is 0 Å². The van der Waals surface area contributed by atoms with Crippen LogP contribution in [-0.2, 0) is 28.6 Å². The molecular weight excluding hydrogens is 913 g/mol. The lowest BCUT2D eigenvalue weighted by Gasteiger charge is -2.18. The van der Waals surface area contributed by atoms with E-state index >= 15 is 0 Å². The molecule has 432 valence electrons. The lowest BCUT2D eigenvalue weighted by Crippen LogP contribution is -2.30. The summed E-state index contributed by atoms with van der Waals surface area (Å²) in [7, 11) is 0. The predicted molar refractivity (Wildman–Crippen MR) is 321 cm³/mol. The second-order valence-electron chi connectivity index (χ2n) is 22.0. The summed E-state index contributed by atoms with van der Waals surface area (Å²) in [4.78, 5) is 38.3. The van der Waals surface area contributed by atoms with E-state index in [0.29, 0.717) is 19.3 Å². The molecule has 0 spiro atoms. The Balaban J connectivity index is 4.24. The zero-order valence-electron chi connectivity index (χ0n) is 49.6. The Morgan fingerprint density at radius 3 is 0.811 bits per heavy atom. The van der Waals surface area contributed by atoms with Crippen LogP contribution in [0.25, 0.3) is 0 Å². The van der Waals surface area contributed by atoms with Crippen molar-refractivity contribution in [2.24, 2.45) is 0 Å². The van der Waals surface area contributed by atoms with Gasteiger partial charge in [0, 0.05) is 19.3 Å². The van der Waals surface area contributed by atoms with Crippen LogP contribution < -0.4 is 0 Å². The van der Waals surface area contributed by atoms with Gasteiger partial charge in [-0.05, 0) is 77.0 Å². The first-order chi connectivity index (χ1) is 36.5. The number of carbonyl (C=O) groups is 3. The molecule has 0 rings (SSSR count). The molecule has 0 N–H and O–H groups in total. The van der Waals surface area contributed by atoms with Gasteiger partial charge in [-0.25, -0.2) is 0 Å². The summed E-state index contributed by atoms with van der Waals surface area (Å²) in [5.74, 6) is -0.867. The van der Waals surface area contributed by atoms with Gasteiger partial charge in [-0.1, -0.05) is 301 Å². The number of hydrogen-bond donors (Lipinski definition) is 0. The summed E-state index contributed by atoms with van der Waals surface area (Å²) in [6.07, 6.45) is 78.4. The number of ether oxygens (including phenoxy) is 3. The third kappa shape index (κ3) is 60.2. The largest absolute Gasteiger partial charge is 0.462 e. The van der Waals surface area contributed by atoms with E-state index in [4.69, 9.17) is 14.2 Å². The Hall–Kier alpha value is -2.63. The zero-order chi connectivity index (χ0) is 53.6. The van der Waals surface area contributed by atoms with E-state index in [1.165, 1.54) is 231 Å². The molecule has 0 radical (unpaired) electrons. The van der Waals surface area contributed by atoms with E-state index in [2.05, 4.69) is 69.4 Å². The lowest BCUT2D eigenvalue weighted by atomic mass is 10.0. The van der Waals surface area contributed by atoms with Crippen molar-refractivity contribution >= 4 is 17.9 Å². The monoisotopic (exact) mass is 1040 g/mol.